The molecule has 0 aliphatic carbocycles. The first-order chi connectivity index (χ1) is 17.5. The Kier molecular flexibility index (Phi) is 1.95. The molecule has 3 aliphatic rings. The van der Waals surface area contributed by atoms with Gasteiger partial charge in [-0.3, -0.25) is 9.59 Å². The summed E-state index contributed by atoms with van der Waals surface area (Å²) in [5.74, 6) is -3.15. The second kappa shape index (κ2) is 5.76. The van der Waals surface area contributed by atoms with Gasteiger partial charge < -0.3 is 24.3 Å². The van der Waals surface area contributed by atoms with Gasteiger partial charge in [0.1, 0.15) is 8.76 Å². The van der Waals surface area contributed by atoms with Gasteiger partial charge in [0.15, 0.2) is 11.5 Å². The Balaban J connectivity index is 1.66. The van der Waals surface area contributed by atoms with Gasteiger partial charge in [0.2, 0.25) is 18.6 Å². The zero-order valence-electron chi connectivity index (χ0n) is 23.8. The lowest BCUT2D eigenvalue weighted by atomic mass is 9.86. The summed E-state index contributed by atoms with van der Waals surface area (Å²) in [4.78, 5) is 30.8. The van der Waals surface area contributed by atoms with Crippen LogP contribution in [0.2, 0.25) is 0 Å². The second-order valence-electron chi connectivity index (χ2n) is 6.84. The van der Waals surface area contributed by atoms with E-state index in [1.165, 1.54) is 18.2 Å². The molecule has 146 valence electrons. The highest BCUT2D eigenvalue weighted by atomic mass is 16.7. The van der Waals surface area contributed by atoms with E-state index in [4.69, 9.17) is 19.1 Å². The Labute approximate surface area is 179 Å². The number of nitrogens with one attached hydrogen (secondary N) is 1. The maximum atomic E-state index is 13.8. The SMILES string of the molecule is [2H]C1([2H])Oc2ccc([C@]3([2H])c4[nH]c5ccccc5c4C[C@]4([2H])C(=O)N(C([2H])([2H])[2H])C([2H])([2H])C(=O)N34)cc2O1. The Morgan fingerprint density at radius 2 is 2.07 bits per heavy atom. The van der Waals surface area contributed by atoms with Gasteiger partial charge in [-0.05, 0) is 29.3 Å². The molecule has 29 heavy (non-hydrogen) atoms. The van der Waals surface area contributed by atoms with Gasteiger partial charge in [-0.15, -0.1) is 0 Å². The van der Waals surface area contributed by atoms with Gasteiger partial charge in [-0.2, -0.15) is 0 Å². The van der Waals surface area contributed by atoms with Gasteiger partial charge in [0.05, 0.1) is 18.0 Å². The Hall–Kier alpha value is -3.48. The number of carbonyl (C=O) groups excluding carboxylic acids is 2. The number of hydrogen-bond donors (Lipinski definition) is 1. The normalized spacial score (nSPS) is 36.3. The first-order valence-electron chi connectivity index (χ1n) is 13.3. The molecule has 0 spiro atoms. The van der Waals surface area contributed by atoms with E-state index in [1.807, 2.05) is 0 Å². The van der Waals surface area contributed by atoms with Crippen molar-refractivity contribution in [2.24, 2.45) is 0 Å². The number of hydrogen-bond acceptors (Lipinski definition) is 4. The zero-order valence-corrected chi connectivity index (χ0v) is 14.8. The largest absolute Gasteiger partial charge is 0.454 e. The number of aromatic amines is 1. The van der Waals surface area contributed by atoms with Crippen molar-refractivity contribution in [3.05, 3.63) is 59.3 Å². The molecule has 3 aliphatic heterocycles. The number of nitrogens with zero attached hydrogens (tertiary/aromatic N) is 2. The smallest absolute Gasteiger partial charge is 0.245 e. The van der Waals surface area contributed by atoms with Crippen LogP contribution in [0, 0.1) is 0 Å². The molecule has 1 aromatic heterocycles. The van der Waals surface area contributed by atoms with Crippen LogP contribution in [0.25, 0.3) is 10.9 Å². The minimum atomic E-state index is -3.41. The molecule has 0 bridgehead atoms. The van der Waals surface area contributed by atoms with Crippen molar-refractivity contribution in [1.29, 1.82) is 0 Å². The van der Waals surface area contributed by atoms with Crippen molar-refractivity contribution < 1.29 is 31.4 Å². The van der Waals surface area contributed by atoms with Crippen LogP contribution in [-0.4, -0.2) is 52.8 Å². The molecule has 3 aromatic rings. The quantitative estimate of drug-likeness (QED) is 0.682. The Morgan fingerprint density at radius 3 is 2.97 bits per heavy atom. The monoisotopic (exact) mass is 398 g/mol. The molecule has 0 radical (unpaired) electrons. The van der Waals surface area contributed by atoms with Crippen LogP contribution in [0.4, 0.5) is 0 Å². The standard InChI is InChI=1S/C22H19N3O4/c1-24-10-19(26)25-16(22(24)27)9-14-13-4-2-3-5-15(13)23-20(14)21(25)12-6-7-17-18(8-12)29-11-28-17/h2-8,16,21,23H,9-11H2,1H3/t16-,21-/m1/s1/i1D3,10D2,11D2,16D,21D. The van der Waals surface area contributed by atoms with Gasteiger partial charge >= 0.3 is 0 Å². The summed E-state index contributed by atoms with van der Waals surface area (Å²) in [6, 6.07) is 5.48. The molecule has 1 fully saturated rings. The Bertz CT molecular complexity index is 1550. The summed E-state index contributed by atoms with van der Waals surface area (Å²) in [5.41, 5.74) is 0.831. The van der Waals surface area contributed by atoms with E-state index in [-0.39, 0.29) is 27.7 Å². The van der Waals surface area contributed by atoms with Crippen LogP contribution in [-0.2, 0) is 16.0 Å². The van der Waals surface area contributed by atoms with Crippen LogP contribution in [0.5, 0.6) is 11.5 Å². The van der Waals surface area contributed by atoms with Gasteiger partial charge in [-0.1, -0.05) is 24.3 Å². The minimum Gasteiger partial charge on any atom is -0.454 e. The van der Waals surface area contributed by atoms with Crippen molar-refractivity contribution in [2.45, 2.75) is 18.5 Å². The number of piperazine rings is 1. The second-order valence-corrected chi connectivity index (χ2v) is 6.84. The number of H-pyrrole nitrogens is 1. The highest BCUT2D eigenvalue weighted by Crippen LogP contribution is 2.44. The van der Waals surface area contributed by atoms with E-state index in [9.17, 15) is 12.3 Å². The van der Waals surface area contributed by atoms with Crippen LogP contribution < -0.4 is 9.47 Å². The molecule has 0 unspecified atom stereocenters. The number of fused-ring (bicyclic) bond motifs is 5. The molecule has 4 heterocycles. The van der Waals surface area contributed by atoms with E-state index in [0.717, 1.165) is 0 Å². The van der Waals surface area contributed by atoms with Crippen molar-refractivity contribution >= 4 is 22.7 Å². The first kappa shape index (κ1) is 9.82. The summed E-state index contributed by atoms with van der Waals surface area (Å²) in [7, 11) is 0. The average Bonchev–Trinajstić information content (AvgIpc) is 3.32. The molecule has 7 heteroatoms. The van der Waals surface area contributed by atoms with E-state index in [1.54, 1.807) is 24.3 Å². The minimum absolute atomic E-state index is 0.0112. The lowest BCUT2D eigenvalue weighted by molar-refractivity contribution is -0.157. The maximum Gasteiger partial charge on any atom is 0.245 e. The van der Waals surface area contributed by atoms with Gasteiger partial charge in [0.25, 0.3) is 0 Å². The fraction of sp³-hybridized carbons (Fsp3) is 0.273. The van der Waals surface area contributed by atoms with Crippen LogP contribution >= 0.6 is 0 Å². The average molecular weight is 398 g/mol. The van der Waals surface area contributed by atoms with E-state index in [2.05, 4.69) is 4.98 Å². The first-order valence-corrected chi connectivity index (χ1v) is 8.84. The number of ether oxygens (including phenoxy) is 2. The summed E-state index contributed by atoms with van der Waals surface area (Å²) >= 11 is 0. The zero-order chi connectivity index (χ0) is 27.6. The fourth-order valence-corrected chi connectivity index (χ4v) is 4.00. The summed E-state index contributed by atoms with van der Waals surface area (Å²) in [6.45, 7) is -9.29. The molecule has 2 aromatic carbocycles. The number of para-hydroxylation sites is 1. The van der Waals surface area contributed by atoms with Crippen molar-refractivity contribution in [2.75, 3.05) is 20.2 Å². The highest BCUT2D eigenvalue weighted by Gasteiger charge is 2.47. The highest BCUT2D eigenvalue weighted by molar-refractivity contribution is 5.97. The van der Waals surface area contributed by atoms with Crippen LogP contribution in [0.15, 0.2) is 42.5 Å². The van der Waals surface area contributed by atoms with E-state index < -0.39 is 50.5 Å². The third kappa shape index (κ3) is 2.24. The third-order valence-electron chi connectivity index (χ3n) is 5.27. The van der Waals surface area contributed by atoms with Crippen molar-refractivity contribution in [3.63, 3.8) is 0 Å². The predicted octanol–water partition coefficient (Wildman–Crippen LogP) is 2.21. The number of likely N-dealkylation sites (N-methyl/N-ethyl adjacent to an activating group) is 1. The third-order valence-corrected chi connectivity index (χ3v) is 5.27. The summed E-state index contributed by atoms with van der Waals surface area (Å²) < 4.78 is 84.5. The molecule has 0 saturated carbocycles. The number of amides is 2. The lowest BCUT2D eigenvalue weighted by Gasteiger charge is -2.46. The molecule has 6 rings (SSSR count). The number of benzene rings is 2. The topological polar surface area (TPSA) is 74.9 Å². The predicted molar refractivity (Wildman–Crippen MR) is 105 cm³/mol. The number of rotatable bonds is 1. The van der Waals surface area contributed by atoms with Crippen LogP contribution in [0.3, 0.4) is 0 Å². The molecule has 1 saturated heterocycles. The molecule has 7 nitrogen and oxygen atoms in total. The molecule has 2 amide bonds. The molecular weight excluding hydrogens is 370 g/mol. The van der Waals surface area contributed by atoms with Gasteiger partial charge in [0, 0.05) is 34.1 Å². The number of carbonyl (C=O) groups is 2. The van der Waals surface area contributed by atoms with Crippen molar-refractivity contribution in [3.8, 4) is 11.5 Å². The van der Waals surface area contributed by atoms with Crippen molar-refractivity contribution in [1.82, 2.24) is 14.8 Å². The summed E-state index contributed by atoms with van der Waals surface area (Å²) in [6.07, 6.45) is -0.507. The summed E-state index contributed by atoms with van der Waals surface area (Å²) in [5, 5.41) is 0.539. The van der Waals surface area contributed by atoms with E-state index in [0.29, 0.717) is 21.4 Å². The lowest BCUT2D eigenvalue weighted by Crippen LogP contribution is -2.62. The van der Waals surface area contributed by atoms with Crippen LogP contribution in [0.1, 0.15) is 35.2 Å². The number of aromatic nitrogens is 1. The Morgan fingerprint density at radius 1 is 1.21 bits per heavy atom. The fourth-order valence-electron chi connectivity index (χ4n) is 4.00. The molecule has 1 N–H and O–H groups in total. The van der Waals surface area contributed by atoms with Gasteiger partial charge in [-0.25, -0.2) is 0 Å². The molecule has 2 atom stereocenters. The molecular formula is C22H19N3O4. The maximum absolute atomic E-state index is 13.8. The van der Waals surface area contributed by atoms with E-state index >= 15 is 0 Å².